The smallest absolute Gasteiger partial charge is 0.261 e. The summed E-state index contributed by atoms with van der Waals surface area (Å²) in [5.74, 6) is -0.184. The van der Waals surface area contributed by atoms with Crippen LogP contribution in [0.4, 0.5) is 0 Å². The van der Waals surface area contributed by atoms with E-state index in [0.29, 0.717) is 22.5 Å². The second-order valence-electron chi connectivity index (χ2n) is 5.99. The average molecular weight is 356 g/mol. The fourth-order valence-corrected chi connectivity index (χ4v) is 2.88. The van der Waals surface area contributed by atoms with Crippen molar-refractivity contribution in [2.24, 2.45) is 0 Å². The number of nitrogens with zero attached hydrogens (tertiary/aromatic N) is 3. The van der Waals surface area contributed by atoms with Crippen molar-refractivity contribution < 1.29 is 4.79 Å². The predicted molar refractivity (Wildman–Crippen MR) is 98.7 cm³/mol. The molecule has 128 valence electrons. The molecule has 0 saturated heterocycles. The molecule has 5 nitrogen and oxygen atoms in total. The van der Waals surface area contributed by atoms with Crippen molar-refractivity contribution in [2.45, 2.75) is 20.0 Å². The largest absolute Gasteiger partial charge is 0.340 e. The summed E-state index contributed by atoms with van der Waals surface area (Å²) < 4.78 is 1.34. The Morgan fingerprint density at radius 1 is 1.20 bits per heavy atom. The van der Waals surface area contributed by atoms with E-state index in [1.54, 1.807) is 24.1 Å². The normalized spacial score (nSPS) is 10.8. The maximum Gasteiger partial charge on any atom is 0.261 e. The van der Waals surface area contributed by atoms with Crippen LogP contribution in [0, 0.1) is 6.92 Å². The molecule has 6 heteroatoms. The van der Waals surface area contributed by atoms with E-state index in [1.807, 2.05) is 37.3 Å². The molecule has 0 N–H and O–H groups in total. The Bertz CT molecular complexity index is 997. The van der Waals surface area contributed by atoms with Gasteiger partial charge in [-0.05, 0) is 30.2 Å². The van der Waals surface area contributed by atoms with Crippen molar-refractivity contribution in [3.05, 3.63) is 75.3 Å². The van der Waals surface area contributed by atoms with E-state index < -0.39 is 0 Å². The lowest BCUT2D eigenvalue weighted by molar-refractivity contribution is -0.131. The van der Waals surface area contributed by atoms with Crippen LogP contribution in [-0.4, -0.2) is 27.4 Å². The van der Waals surface area contributed by atoms with E-state index in [9.17, 15) is 9.59 Å². The van der Waals surface area contributed by atoms with Crippen LogP contribution >= 0.6 is 11.6 Å². The molecule has 0 atom stereocenters. The number of rotatable bonds is 4. The predicted octanol–water partition coefficient (Wildman–Crippen LogP) is 3.02. The SMILES string of the molecule is Cc1cccc2c(=O)n(CC(=O)N(C)Cc3ccccc3Cl)cnc12. The first-order valence-electron chi connectivity index (χ1n) is 7.89. The Labute approximate surface area is 150 Å². The van der Waals surface area contributed by atoms with Crippen LogP contribution in [0.2, 0.25) is 5.02 Å². The van der Waals surface area contributed by atoms with Crippen LogP contribution < -0.4 is 5.56 Å². The van der Waals surface area contributed by atoms with Gasteiger partial charge in [0.05, 0.1) is 17.2 Å². The summed E-state index contributed by atoms with van der Waals surface area (Å²) in [6, 6.07) is 12.8. The van der Waals surface area contributed by atoms with Crippen LogP contribution in [-0.2, 0) is 17.9 Å². The summed E-state index contributed by atoms with van der Waals surface area (Å²) in [4.78, 5) is 30.9. The van der Waals surface area contributed by atoms with Gasteiger partial charge >= 0.3 is 0 Å². The number of carbonyl (C=O) groups is 1. The van der Waals surface area contributed by atoms with Gasteiger partial charge in [0.15, 0.2) is 0 Å². The molecule has 0 unspecified atom stereocenters. The Morgan fingerprint density at radius 3 is 2.72 bits per heavy atom. The lowest BCUT2D eigenvalue weighted by atomic mass is 10.1. The molecule has 0 aliphatic heterocycles. The quantitative estimate of drug-likeness (QED) is 0.723. The minimum atomic E-state index is -0.215. The Morgan fingerprint density at radius 2 is 1.96 bits per heavy atom. The van der Waals surface area contributed by atoms with Crippen LogP contribution in [0.3, 0.4) is 0 Å². The van der Waals surface area contributed by atoms with E-state index in [2.05, 4.69) is 4.98 Å². The van der Waals surface area contributed by atoms with Crippen molar-refractivity contribution in [1.82, 2.24) is 14.5 Å². The van der Waals surface area contributed by atoms with Gasteiger partial charge in [0, 0.05) is 18.6 Å². The van der Waals surface area contributed by atoms with Crippen LogP contribution in [0.5, 0.6) is 0 Å². The lowest BCUT2D eigenvalue weighted by Gasteiger charge is -2.18. The minimum absolute atomic E-state index is 0.0589. The summed E-state index contributed by atoms with van der Waals surface area (Å²) >= 11 is 6.14. The fourth-order valence-electron chi connectivity index (χ4n) is 2.69. The maximum absolute atomic E-state index is 12.6. The molecule has 0 bridgehead atoms. The van der Waals surface area contributed by atoms with Gasteiger partial charge in [-0.2, -0.15) is 0 Å². The zero-order valence-corrected chi connectivity index (χ0v) is 14.8. The Balaban J connectivity index is 1.81. The summed E-state index contributed by atoms with van der Waals surface area (Å²) in [5, 5.41) is 1.13. The monoisotopic (exact) mass is 355 g/mol. The van der Waals surface area contributed by atoms with E-state index in [1.165, 1.54) is 10.9 Å². The number of aryl methyl sites for hydroxylation is 1. The molecule has 0 spiro atoms. The average Bonchev–Trinajstić information content (AvgIpc) is 2.60. The standard InChI is InChI=1S/C19H18ClN3O2/c1-13-6-5-8-15-18(13)21-12-23(19(15)25)11-17(24)22(2)10-14-7-3-4-9-16(14)20/h3-9,12H,10-11H2,1-2H3. The number of likely N-dealkylation sites (N-methyl/N-ethyl adjacent to an activating group) is 1. The first kappa shape index (κ1) is 17.2. The van der Waals surface area contributed by atoms with Gasteiger partial charge in [-0.25, -0.2) is 4.98 Å². The number of para-hydroxylation sites is 1. The molecule has 1 heterocycles. The van der Waals surface area contributed by atoms with E-state index in [4.69, 9.17) is 11.6 Å². The summed E-state index contributed by atoms with van der Waals surface area (Å²) in [6.07, 6.45) is 1.43. The molecule has 0 radical (unpaired) electrons. The summed E-state index contributed by atoms with van der Waals surface area (Å²) in [6.45, 7) is 2.23. The Hall–Kier alpha value is -2.66. The molecular weight excluding hydrogens is 338 g/mol. The molecule has 3 rings (SSSR count). The van der Waals surface area contributed by atoms with Gasteiger partial charge in [0.2, 0.25) is 5.91 Å². The first-order valence-corrected chi connectivity index (χ1v) is 8.27. The zero-order valence-electron chi connectivity index (χ0n) is 14.1. The summed E-state index contributed by atoms with van der Waals surface area (Å²) in [5.41, 5.74) is 2.25. The number of benzene rings is 2. The number of halogens is 1. The second kappa shape index (κ2) is 7.07. The van der Waals surface area contributed by atoms with Crippen molar-refractivity contribution in [3.63, 3.8) is 0 Å². The van der Waals surface area contributed by atoms with Gasteiger partial charge in [0.1, 0.15) is 6.54 Å². The van der Waals surface area contributed by atoms with Crippen molar-refractivity contribution in [1.29, 1.82) is 0 Å². The molecule has 1 aromatic heterocycles. The third kappa shape index (κ3) is 3.56. The van der Waals surface area contributed by atoms with Gasteiger partial charge in [-0.15, -0.1) is 0 Å². The first-order chi connectivity index (χ1) is 12.0. The molecule has 2 aromatic carbocycles. The van der Waals surface area contributed by atoms with Gasteiger partial charge in [-0.3, -0.25) is 14.2 Å². The molecule has 25 heavy (non-hydrogen) atoms. The van der Waals surface area contributed by atoms with E-state index in [0.717, 1.165) is 11.1 Å². The van der Waals surface area contributed by atoms with E-state index in [-0.39, 0.29) is 18.0 Å². The Kier molecular flexibility index (Phi) is 4.86. The maximum atomic E-state index is 12.6. The zero-order chi connectivity index (χ0) is 18.0. The van der Waals surface area contributed by atoms with Crippen molar-refractivity contribution in [2.75, 3.05) is 7.05 Å². The van der Waals surface area contributed by atoms with Crippen molar-refractivity contribution in [3.8, 4) is 0 Å². The van der Waals surface area contributed by atoms with Crippen molar-refractivity contribution >= 4 is 28.4 Å². The molecule has 0 saturated carbocycles. The third-order valence-corrected chi connectivity index (χ3v) is 4.52. The van der Waals surface area contributed by atoms with Crippen LogP contribution in [0.15, 0.2) is 53.6 Å². The number of hydrogen-bond acceptors (Lipinski definition) is 3. The molecule has 0 fully saturated rings. The number of hydrogen-bond donors (Lipinski definition) is 0. The molecule has 0 aliphatic rings. The second-order valence-corrected chi connectivity index (χ2v) is 6.40. The highest BCUT2D eigenvalue weighted by atomic mass is 35.5. The van der Waals surface area contributed by atoms with Gasteiger partial charge < -0.3 is 4.90 Å². The number of carbonyl (C=O) groups excluding carboxylic acids is 1. The fraction of sp³-hybridized carbons (Fsp3) is 0.211. The number of aromatic nitrogens is 2. The highest BCUT2D eigenvalue weighted by molar-refractivity contribution is 6.31. The molecule has 0 aliphatic carbocycles. The topological polar surface area (TPSA) is 55.2 Å². The summed E-state index contributed by atoms with van der Waals surface area (Å²) in [7, 11) is 1.69. The lowest BCUT2D eigenvalue weighted by Crippen LogP contribution is -2.33. The molecule has 3 aromatic rings. The minimum Gasteiger partial charge on any atom is -0.340 e. The van der Waals surface area contributed by atoms with Gasteiger partial charge in [-0.1, -0.05) is 41.9 Å². The van der Waals surface area contributed by atoms with Crippen LogP contribution in [0.25, 0.3) is 10.9 Å². The number of amides is 1. The number of fused-ring (bicyclic) bond motifs is 1. The highest BCUT2D eigenvalue weighted by Gasteiger charge is 2.14. The molecular formula is C19H18ClN3O2. The third-order valence-electron chi connectivity index (χ3n) is 4.15. The molecule has 1 amide bonds. The van der Waals surface area contributed by atoms with E-state index >= 15 is 0 Å². The van der Waals surface area contributed by atoms with Gasteiger partial charge in [0.25, 0.3) is 5.56 Å². The van der Waals surface area contributed by atoms with Crippen LogP contribution in [0.1, 0.15) is 11.1 Å². The highest BCUT2D eigenvalue weighted by Crippen LogP contribution is 2.16.